The summed E-state index contributed by atoms with van der Waals surface area (Å²) in [5, 5.41) is 10.6. The molecule has 0 aliphatic carbocycles. The maximum atomic E-state index is 14.9. The quantitative estimate of drug-likeness (QED) is 0.0207. The number of esters is 1. The van der Waals surface area contributed by atoms with Crippen LogP contribution in [0.25, 0.3) is 10.9 Å². The number of unbranched alkanes of at least 4 members (excludes halogenated alkanes) is 3. The van der Waals surface area contributed by atoms with Crippen LogP contribution in [0.1, 0.15) is 93.8 Å². The molecule has 0 aliphatic heterocycles. The van der Waals surface area contributed by atoms with Crippen LogP contribution in [0.15, 0.2) is 79.0 Å². The van der Waals surface area contributed by atoms with Crippen molar-refractivity contribution >= 4 is 119 Å². The van der Waals surface area contributed by atoms with Gasteiger partial charge in [-0.3, -0.25) is 0 Å². The zero-order chi connectivity index (χ0) is 47.1. The summed E-state index contributed by atoms with van der Waals surface area (Å²) in [7, 11) is 4.33. The summed E-state index contributed by atoms with van der Waals surface area (Å²) in [4.78, 5) is 45.7. The van der Waals surface area contributed by atoms with Crippen molar-refractivity contribution in [3.8, 4) is 11.5 Å². The third-order valence-electron chi connectivity index (χ3n) is 11.8. The van der Waals surface area contributed by atoms with E-state index in [0.29, 0.717) is 16.9 Å². The Morgan fingerprint density at radius 3 is 1.91 bits per heavy atom. The van der Waals surface area contributed by atoms with E-state index in [-0.39, 0.29) is 28.8 Å². The van der Waals surface area contributed by atoms with Gasteiger partial charge in [0, 0.05) is 0 Å². The number of ether oxygens (including phenoxy) is 4. The van der Waals surface area contributed by atoms with E-state index in [1.54, 1.807) is 22.8 Å². The van der Waals surface area contributed by atoms with Crippen molar-refractivity contribution in [3.05, 3.63) is 118 Å². The van der Waals surface area contributed by atoms with E-state index in [0.717, 1.165) is 29.2 Å². The van der Waals surface area contributed by atoms with Gasteiger partial charge in [0.05, 0.1) is 38.5 Å². The Bertz CT molecular complexity index is 2320. The van der Waals surface area contributed by atoms with Crippen LogP contribution < -0.4 is 29.0 Å². The first-order valence-corrected chi connectivity index (χ1v) is 32.5. The van der Waals surface area contributed by atoms with Crippen LogP contribution in [0.4, 0.5) is 4.79 Å². The standard InChI is InChI=1S/C37H33Cl2I2N4O7.3C4H9.Sn/c1-49-32-25(38)13-22(14-26(32)39)34(44-31(36(47)51-3)21-15-27(40)33(50-2)28(41)16-21)45-35(46)30(17-23-18-42-29-12-8-7-11-24(23)29)43-37(48)52-19-20-9-5-4-6-10-20;3*1-3-4-2;/h4-7,9-16,18,30-31,34,42,44H,17,19H2,1-3H3,(H,43,48)(H,45,46);3*1,3-4H2,2H3;/t30-,31-,34-;;;;/m1..../s1. The number of hydrogen-bond donors (Lipinski definition) is 4. The van der Waals surface area contributed by atoms with E-state index in [2.05, 4.69) is 105 Å². The number of aromatic nitrogens is 1. The van der Waals surface area contributed by atoms with Crippen LogP contribution in [-0.2, 0) is 32.1 Å². The van der Waals surface area contributed by atoms with Gasteiger partial charge < -0.3 is 14.2 Å². The number of halogens is 4. The van der Waals surface area contributed by atoms with Gasteiger partial charge in [0.2, 0.25) is 0 Å². The van der Waals surface area contributed by atoms with Crippen molar-refractivity contribution in [1.82, 2.24) is 20.9 Å². The van der Waals surface area contributed by atoms with Gasteiger partial charge in [0.1, 0.15) is 5.75 Å². The number of carbonyl (C=O) groups excluding carboxylic acids is 3. The third-order valence-corrected chi connectivity index (χ3v) is 29.6. The van der Waals surface area contributed by atoms with Crippen LogP contribution >= 0.6 is 68.4 Å². The molecule has 65 heavy (non-hydrogen) atoms. The number of H-pyrrole nitrogens is 1. The monoisotopic (exact) mass is 1260 g/mol. The number of carbonyl (C=O) groups is 3. The van der Waals surface area contributed by atoms with Gasteiger partial charge >= 0.3 is 243 Å². The molecule has 4 N–H and O–H groups in total. The molecule has 11 nitrogen and oxygen atoms in total. The fourth-order valence-corrected chi connectivity index (χ4v) is 27.2. The molecule has 1 aromatic heterocycles. The van der Waals surface area contributed by atoms with Crippen molar-refractivity contribution < 1.29 is 33.3 Å². The Morgan fingerprint density at radius 2 is 1.35 bits per heavy atom. The second kappa shape index (κ2) is 26.0. The first kappa shape index (κ1) is 53.0. The Labute approximate surface area is 424 Å². The van der Waals surface area contributed by atoms with Crippen molar-refractivity contribution in [2.24, 2.45) is 0 Å². The molecule has 0 unspecified atom stereocenters. The molecule has 0 bridgehead atoms. The summed E-state index contributed by atoms with van der Waals surface area (Å²) in [5.41, 5.74) is 3.63. The van der Waals surface area contributed by atoms with E-state index in [1.165, 1.54) is 66.1 Å². The Hall–Kier alpha value is -2.97. The summed E-state index contributed by atoms with van der Waals surface area (Å²) in [6, 6.07) is 20.8. The molecule has 16 heteroatoms. The molecule has 4 aromatic carbocycles. The summed E-state index contributed by atoms with van der Waals surface area (Å²) < 4.78 is 29.1. The summed E-state index contributed by atoms with van der Waals surface area (Å²) in [6.45, 7) is 6.86. The number of methoxy groups -OCH3 is 3. The average molecular weight is 1260 g/mol. The normalized spacial score (nSPS) is 12.9. The van der Waals surface area contributed by atoms with Crippen LogP contribution in [0.3, 0.4) is 0 Å². The summed E-state index contributed by atoms with van der Waals surface area (Å²) in [5.74, 6) is -0.274. The van der Waals surface area contributed by atoms with Crippen LogP contribution in [0.5, 0.6) is 11.5 Å². The van der Waals surface area contributed by atoms with E-state index < -0.39 is 54.6 Å². The van der Waals surface area contributed by atoms with E-state index >= 15 is 0 Å². The molecule has 1 heterocycles. The fourth-order valence-electron chi connectivity index (χ4n) is 8.31. The number of rotatable bonds is 24. The molecule has 2 amide bonds. The van der Waals surface area contributed by atoms with Gasteiger partial charge in [0.15, 0.2) is 5.75 Å². The zero-order valence-corrected chi connectivity index (χ0v) is 46.6. The first-order chi connectivity index (χ1) is 31.3. The van der Waals surface area contributed by atoms with E-state index in [4.69, 9.17) is 42.1 Å². The van der Waals surface area contributed by atoms with Crippen molar-refractivity contribution in [3.63, 3.8) is 0 Å². The van der Waals surface area contributed by atoms with Gasteiger partial charge in [-0.1, -0.05) is 53.5 Å². The molecule has 5 aromatic rings. The zero-order valence-electron chi connectivity index (χ0n) is 37.9. The van der Waals surface area contributed by atoms with Gasteiger partial charge in [-0.25, -0.2) is 4.79 Å². The predicted molar refractivity (Wildman–Crippen MR) is 280 cm³/mol. The van der Waals surface area contributed by atoms with Gasteiger partial charge in [-0.2, -0.15) is 0 Å². The summed E-state index contributed by atoms with van der Waals surface area (Å²) >= 11 is 14.9. The topological polar surface area (TPSA) is 140 Å². The second-order valence-electron chi connectivity index (χ2n) is 16.2. The average Bonchev–Trinajstić information content (AvgIpc) is 3.70. The number of benzene rings is 4. The SMILES string of the molecule is CCC[CH2][Sn]([CH2]CCC)([CH2]CCC)[c]1ccc2c(C[C@@H](NC(=O)OCc3ccccc3)C(=O)N[C@@H](N[C@@H](C(=O)OC)c3cc(I)c(OC)c(I)c3)c3cc(Cl)c(OC)c(Cl)c3)c[nH]c2c1. The van der Waals surface area contributed by atoms with Crippen molar-refractivity contribution in [1.29, 1.82) is 0 Å². The number of nitrogens with one attached hydrogen (secondary N) is 4. The van der Waals surface area contributed by atoms with Crippen LogP contribution in [0, 0.1) is 7.14 Å². The number of hydrogen-bond acceptors (Lipinski definition) is 8. The number of fused-ring (bicyclic) bond motifs is 1. The molecular weight excluding hydrogens is 1200 g/mol. The predicted octanol–water partition coefficient (Wildman–Crippen LogP) is 11.9. The van der Waals surface area contributed by atoms with Crippen molar-refractivity contribution in [2.75, 3.05) is 21.3 Å². The second-order valence-corrected chi connectivity index (χ2v) is 32.6. The minimum atomic E-state index is -2.77. The molecule has 0 aliphatic rings. The minimum absolute atomic E-state index is 0.00585. The molecule has 5 rings (SSSR count). The maximum absolute atomic E-state index is 14.9. The molecule has 0 saturated carbocycles. The van der Waals surface area contributed by atoms with Gasteiger partial charge in [0.25, 0.3) is 0 Å². The Kier molecular flexibility index (Phi) is 21.2. The fraction of sp³-hybridized carbons (Fsp3) is 0.408. The van der Waals surface area contributed by atoms with Gasteiger partial charge in [-0.15, -0.1) is 0 Å². The van der Waals surface area contributed by atoms with E-state index in [9.17, 15) is 14.4 Å². The number of alkyl carbamates (subject to hydrolysis) is 1. The molecule has 0 spiro atoms. The summed E-state index contributed by atoms with van der Waals surface area (Å²) in [6.07, 6.45) is 7.50. The molecule has 0 radical (unpaired) electrons. The molecular formula is C49H60Cl2I2N4O7Sn. The third kappa shape index (κ3) is 14.0. The Balaban J connectivity index is 1.55. The molecule has 3 atom stereocenters. The molecule has 350 valence electrons. The molecule has 0 fully saturated rings. The first-order valence-electron chi connectivity index (χ1n) is 22.1. The molecule has 0 saturated heterocycles. The van der Waals surface area contributed by atoms with Crippen LogP contribution in [0.2, 0.25) is 23.4 Å². The van der Waals surface area contributed by atoms with Gasteiger partial charge in [-0.05, 0) is 62.9 Å². The Morgan fingerprint density at radius 1 is 0.754 bits per heavy atom. The van der Waals surface area contributed by atoms with E-state index in [1.807, 2.05) is 48.7 Å². The number of amides is 2. The van der Waals surface area contributed by atoms with Crippen LogP contribution in [-0.4, -0.2) is 68.7 Å². The van der Waals surface area contributed by atoms with Crippen molar-refractivity contribution in [2.45, 2.75) is 104 Å². The number of aromatic amines is 1.